The second-order valence-electron chi connectivity index (χ2n) is 4.10. The molecule has 0 saturated carbocycles. The summed E-state index contributed by atoms with van der Waals surface area (Å²) < 4.78 is 6.01. The number of nitro groups is 1. The molecule has 0 aromatic carbocycles. The van der Waals surface area contributed by atoms with Gasteiger partial charge in [0.1, 0.15) is 12.2 Å². The van der Waals surface area contributed by atoms with Gasteiger partial charge in [0.25, 0.3) is 0 Å². The second-order valence-corrected chi connectivity index (χ2v) is 4.10. The zero-order chi connectivity index (χ0) is 13.9. The van der Waals surface area contributed by atoms with E-state index in [1.165, 1.54) is 18.0 Å². The minimum Gasteiger partial charge on any atom is -0.475 e. The number of methoxy groups -OCH3 is 1. The molecule has 8 nitrogen and oxygen atoms in total. The fraction of sp³-hybridized carbons (Fsp3) is 0.600. The van der Waals surface area contributed by atoms with Crippen LogP contribution in [0.25, 0.3) is 0 Å². The zero-order valence-electron chi connectivity index (χ0n) is 10.7. The van der Waals surface area contributed by atoms with Crippen molar-refractivity contribution in [2.24, 2.45) is 0 Å². The van der Waals surface area contributed by atoms with E-state index < -0.39 is 11.0 Å². The zero-order valence-corrected chi connectivity index (χ0v) is 10.7. The summed E-state index contributed by atoms with van der Waals surface area (Å²) in [7, 11) is 1.29. The van der Waals surface area contributed by atoms with Crippen molar-refractivity contribution >= 4 is 11.6 Å². The number of nitrogens with zero attached hydrogens (tertiary/aromatic N) is 3. The van der Waals surface area contributed by atoms with Crippen molar-refractivity contribution in [2.45, 2.75) is 32.9 Å². The van der Waals surface area contributed by atoms with E-state index in [2.05, 4.69) is 10.4 Å². The van der Waals surface area contributed by atoms with Crippen molar-refractivity contribution in [3.63, 3.8) is 0 Å². The molecule has 0 fully saturated rings. The van der Waals surface area contributed by atoms with Crippen LogP contribution in [-0.4, -0.2) is 33.8 Å². The Bertz CT molecular complexity index is 455. The van der Waals surface area contributed by atoms with E-state index in [9.17, 15) is 14.9 Å². The maximum atomic E-state index is 11.8. The lowest BCUT2D eigenvalue weighted by atomic mass is 10.3. The number of nitrogens with one attached hydrogen (secondary N) is 1. The van der Waals surface area contributed by atoms with Gasteiger partial charge in [-0.05, 0) is 20.8 Å². The Morgan fingerprint density at radius 3 is 2.56 bits per heavy atom. The lowest BCUT2D eigenvalue weighted by Crippen LogP contribution is -2.35. The van der Waals surface area contributed by atoms with Gasteiger partial charge < -0.3 is 10.1 Å². The van der Waals surface area contributed by atoms with Crippen LogP contribution in [0.15, 0.2) is 6.20 Å². The quantitative estimate of drug-likeness (QED) is 0.622. The van der Waals surface area contributed by atoms with Gasteiger partial charge in [0.15, 0.2) is 0 Å². The van der Waals surface area contributed by atoms with E-state index in [1.54, 1.807) is 6.92 Å². The van der Waals surface area contributed by atoms with E-state index in [4.69, 9.17) is 4.74 Å². The van der Waals surface area contributed by atoms with Crippen LogP contribution in [0.2, 0.25) is 0 Å². The molecule has 0 saturated heterocycles. The van der Waals surface area contributed by atoms with E-state index in [0.717, 1.165) is 0 Å². The Labute approximate surface area is 104 Å². The average Bonchev–Trinajstić information content (AvgIpc) is 2.70. The van der Waals surface area contributed by atoms with Gasteiger partial charge in [0.2, 0.25) is 5.91 Å². The third-order valence-corrected chi connectivity index (χ3v) is 2.28. The number of carbonyl (C=O) groups is 1. The number of rotatable bonds is 5. The molecule has 1 atom stereocenters. The van der Waals surface area contributed by atoms with Gasteiger partial charge in [-0.15, -0.1) is 5.10 Å². The molecule has 1 aromatic rings. The van der Waals surface area contributed by atoms with Gasteiger partial charge in [-0.25, -0.2) is 4.68 Å². The van der Waals surface area contributed by atoms with Crippen LogP contribution < -0.4 is 10.1 Å². The molecule has 1 heterocycles. The van der Waals surface area contributed by atoms with Crippen LogP contribution in [-0.2, 0) is 4.79 Å². The van der Waals surface area contributed by atoms with Crippen molar-refractivity contribution in [1.29, 1.82) is 0 Å². The number of hydrogen-bond acceptors (Lipinski definition) is 5. The SMILES string of the molecule is COc1nn(C(C)C(=O)NC(C)C)cc1[N+](=O)[O-]. The van der Waals surface area contributed by atoms with Crippen molar-refractivity contribution in [1.82, 2.24) is 15.1 Å². The summed E-state index contributed by atoms with van der Waals surface area (Å²) in [5, 5.41) is 17.3. The van der Waals surface area contributed by atoms with E-state index in [1.807, 2.05) is 13.8 Å². The highest BCUT2D eigenvalue weighted by molar-refractivity contribution is 5.80. The molecule has 0 bridgehead atoms. The van der Waals surface area contributed by atoms with Gasteiger partial charge in [0.05, 0.1) is 12.0 Å². The van der Waals surface area contributed by atoms with Crippen molar-refractivity contribution in [3.8, 4) is 5.88 Å². The number of aromatic nitrogens is 2. The predicted molar refractivity (Wildman–Crippen MR) is 63.4 cm³/mol. The lowest BCUT2D eigenvalue weighted by molar-refractivity contribution is -0.385. The molecule has 18 heavy (non-hydrogen) atoms. The van der Waals surface area contributed by atoms with Crippen molar-refractivity contribution < 1.29 is 14.5 Å². The normalized spacial score (nSPS) is 12.3. The maximum absolute atomic E-state index is 11.8. The molecule has 1 rings (SSSR count). The van der Waals surface area contributed by atoms with Gasteiger partial charge >= 0.3 is 11.6 Å². The van der Waals surface area contributed by atoms with Crippen LogP contribution in [0.4, 0.5) is 5.69 Å². The average molecular weight is 256 g/mol. The molecule has 0 spiro atoms. The molecular formula is C10H16N4O4. The largest absolute Gasteiger partial charge is 0.475 e. The molecule has 1 unspecified atom stereocenters. The first kappa shape index (κ1) is 13.9. The molecule has 1 aromatic heterocycles. The predicted octanol–water partition coefficient (Wildman–Crippen LogP) is 0.885. The fourth-order valence-electron chi connectivity index (χ4n) is 1.36. The fourth-order valence-corrected chi connectivity index (χ4v) is 1.36. The monoisotopic (exact) mass is 256 g/mol. The summed E-state index contributed by atoms with van der Waals surface area (Å²) in [4.78, 5) is 21.9. The van der Waals surface area contributed by atoms with E-state index in [0.29, 0.717) is 0 Å². The Morgan fingerprint density at radius 2 is 2.17 bits per heavy atom. The van der Waals surface area contributed by atoms with Gasteiger partial charge in [-0.1, -0.05) is 0 Å². The minimum atomic E-state index is -0.644. The summed E-state index contributed by atoms with van der Waals surface area (Å²) in [5.41, 5.74) is -0.262. The van der Waals surface area contributed by atoms with Crippen molar-refractivity contribution in [2.75, 3.05) is 7.11 Å². The number of amides is 1. The third kappa shape index (κ3) is 2.96. The first-order chi connectivity index (χ1) is 8.36. The molecular weight excluding hydrogens is 240 g/mol. The van der Waals surface area contributed by atoms with Gasteiger partial charge in [0, 0.05) is 6.04 Å². The summed E-state index contributed by atoms with van der Waals surface area (Å²) in [6, 6.07) is -0.651. The summed E-state index contributed by atoms with van der Waals surface area (Å²) in [6.45, 7) is 5.27. The number of hydrogen-bond donors (Lipinski definition) is 1. The van der Waals surface area contributed by atoms with Gasteiger partial charge in [-0.2, -0.15) is 0 Å². The van der Waals surface area contributed by atoms with Gasteiger partial charge in [-0.3, -0.25) is 14.9 Å². The molecule has 0 aliphatic heterocycles. The standard InChI is InChI=1S/C10H16N4O4/c1-6(2)11-9(15)7(3)13-5-8(14(16)17)10(12-13)18-4/h5-7H,1-4H3,(H,11,15). The number of carbonyl (C=O) groups excluding carboxylic acids is 1. The van der Waals surface area contributed by atoms with Crippen molar-refractivity contribution in [3.05, 3.63) is 16.3 Å². The maximum Gasteiger partial charge on any atom is 0.350 e. The molecule has 0 aliphatic carbocycles. The molecule has 1 amide bonds. The molecule has 0 radical (unpaired) electrons. The topological polar surface area (TPSA) is 99.3 Å². The summed E-state index contributed by atoms with van der Waals surface area (Å²) in [5.74, 6) is -0.366. The highest BCUT2D eigenvalue weighted by Crippen LogP contribution is 2.25. The Hall–Kier alpha value is -2.12. The molecule has 1 N–H and O–H groups in total. The molecule has 0 aliphatic rings. The molecule has 100 valence electrons. The van der Waals surface area contributed by atoms with Crippen LogP contribution in [0.5, 0.6) is 5.88 Å². The minimum absolute atomic E-state index is 0.00704. The lowest BCUT2D eigenvalue weighted by Gasteiger charge is -2.14. The highest BCUT2D eigenvalue weighted by Gasteiger charge is 2.25. The third-order valence-electron chi connectivity index (χ3n) is 2.28. The highest BCUT2D eigenvalue weighted by atomic mass is 16.6. The van der Waals surface area contributed by atoms with E-state index >= 15 is 0 Å². The second kappa shape index (κ2) is 5.48. The first-order valence-corrected chi connectivity index (χ1v) is 5.44. The Kier molecular flexibility index (Phi) is 4.24. The van der Waals surface area contributed by atoms with Crippen LogP contribution >= 0.6 is 0 Å². The first-order valence-electron chi connectivity index (χ1n) is 5.44. The van der Waals surface area contributed by atoms with Crippen LogP contribution in [0.1, 0.15) is 26.8 Å². The Morgan fingerprint density at radius 1 is 1.56 bits per heavy atom. The van der Waals surface area contributed by atoms with Crippen LogP contribution in [0, 0.1) is 10.1 Å². The molecule has 8 heteroatoms. The smallest absolute Gasteiger partial charge is 0.350 e. The van der Waals surface area contributed by atoms with E-state index in [-0.39, 0.29) is 23.5 Å². The number of ether oxygens (including phenoxy) is 1. The Balaban J connectivity index is 2.96. The summed E-state index contributed by atoms with van der Waals surface area (Å²) >= 11 is 0. The van der Waals surface area contributed by atoms with Crippen LogP contribution in [0.3, 0.4) is 0 Å². The summed E-state index contributed by atoms with van der Waals surface area (Å²) in [6.07, 6.45) is 1.18.